The summed E-state index contributed by atoms with van der Waals surface area (Å²) in [6.07, 6.45) is 11.5. The Morgan fingerprint density at radius 3 is 2.38 bits per heavy atom. The summed E-state index contributed by atoms with van der Waals surface area (Å²) in [6.45, 7) is 7.83. The summed E-state index contributed by atoms with van der Waals surface area (Å²) in [5, 5.41) is 20.9. The molecule has 0 spiro atoms. The van der Waals surface area contributed by atoms with E-state index in [2.05, 4.69) is 13.0 Å². The standard InChI is InChI=1S/C18H34O3/c1-5-6-7-13-18(4,21)14-9-11-15(2)10-8-12-16(3)17(19)20/h5-6,15-16,21H,7-14H2,1-4H3,(H,19,20)/p-1/b6-5-. The first kappa shape index (κ1) is 20.2. The van der Waals surface area contributed by atoms with E-state index in [1.807, 2.05) is 19.9 Å². The molecule has 3 nitrogen and oxygen atoms in total. The zero-order valence-electron chi connectivity index (χ0n) is 14.2. The minimum atomic E-state index is -0.945. The highest BCUT2D eigenvalue weighted by molar-refractivity contribution is 5.66. The van der Waals surface area contributed by atoms with Gasteiger partial charge in [-0.25, -0.2) is 0 Å². The molecule has 3 heteroatoms. The predicted octanol–water partition coefficient (Wildman–Crippen LogP) is 3.46. The van der Waals surface area contributed by atoms with Gasteiger partial charge in [-0.05, 0) is 51.4 Å². The Bertz CT molecular complexity index is 308. The van der Waals surface area contributed by atoms with Crippen molar-refractivity contribution in [3.8, 4) is 0 Å². The summed E-state index contributed by atoms with van der Waals surface area (Å²) in [5.41, 5.74) is -0.567. The summed E-state index contributed by atoms with van der Waals surface area (Å²) < 4.78 is 0. The van der Waals surface area contributed by atoms with Gasteiger partial charge in [0, 0.05) is 5.97 Å². The summed E-state index contributed by atoms with van der Waals surface area (Å²) in [4.78, 5) is 10.6. The van der Waals surface area contributed by atoms with E-state index in [1.165, 1.54) is 0 Å². The number of hydrogen-bond donors (Lipinski definition) is 1. The molecule has 0 aromatic carbocycles. The highest BCUT2D eigenvalue weighted by atomic mass is 16.4. The van der Waals surface area contributed by atoms with Gasteiger partial charge in [-0.15, -0.1) is 0 Å². The Morgan fingerprint density at radius 2 is 1.81 bits per heavy atom. The van der Waals surface area contributed by atoms with Gasteiger partial charge in [-0.1, -0.05) is 51.7 Å². The highest BCUT2D eigenvalue weighted by Crippen LogP contribution is 2.23. The summed E-state index contributed by atoms with van der Waals surface area (Å²) in [7, 11) is 0. The fraction of sp³-hybridized carbons (Fsp3) is 0.833. The van der Waals surface area contributed by atoms with Crippen LogP contribution < -0.4 is 5.11 Å². The second-order valence-corrected chi connectivity index (χ2v) is 6.75. The van der Waals surface area contributed by atoms with Crippen LogP contribution >= 0.6 is 0 Å². The summed E-state index contributed by atoms with van der Waals surface area (Å²) in [5.74, 6) is -0.699. The van der Waals surface area contributed by atoms with Crippen LogP contribution in [0.15, 0.2) is 12.2 Å². The molecule has 0 heterocycles. The number of aliphatic hydroxyl groups is 1. The van der Waals surface area contributed by atoms with Gasteiger partial charge >= 0.3 is 0 Å². The van der Waals surface area contributed by atoms with E-state index in [1.54, 1.807) is 6.92 Å². The average molecular weight is 297 g/mol. The highest BCUT2D eigenvalue weighted by Gasteiger charge is 2.19. The molecular formula is C18H33O3-. The maximum Gasteiger partial charge on any atom is 0.0622 e. The van der Waals surface area contributed by atoms with Crippen LogP contribution in [0.25, 0.3) is 0 Å². The van der Waals surface area contributed by atoms with Gasteiger partial charge in [0.15, 0.2) is 0 Å². The lowest BCUT2D eigenvalue weighted by Crippen LogP contribution is -2.29. The first-order valence-corrected chi connectivity index (χ1v) is 8.33. The fourth-order valence-corrected chi connectivity index (χ4v) is 2.55. The smallest absolute Gasteiger partial charge is 0.0622 e. The van der Waals surface area contributed by atoms with Crippen molar-refractivity contribution in [3.05, 3.63) is 12.2 Å². The Kier molecular flexibility index (Phi) is 10.4. The van der Waals surface area contributed by atoms with Gasteiger partial charge in [-0.3, -0.25) is 0 Å². The van der Waals surface area contributed by atoms with Crippen molar-refractivity contribution in [3.63, 3.8) is 0 Å². The Morgan fingerprint density at radius 1 is 1.19 bits per heavy atom. The van der Waals surface area contributed by atoms with Crippen molar-refractivity contribution in [2.75, 3.05) is 0 Å². The van der Waals surface area contributed by atoms with Crippen LogP contribution in [-0.4, -0.2) is 16.7 Å². The molecule has 0 saturated heterocycles. The third kappa shape index (κ3) is 11.5. The molecular weight excluding hydrogens is 264 g/mol. The van der Waals surface area contributed by atoms with Gasteiger partial charge < -0.3 is 15.0 Å². The van der Waals surface area contributed by atoms with E-state index in [4.69, 9.17) is 0 Å². The lowest BCUT2D eigenvalue weighted by molar-refractivity contribution is -0.311. The van der Waals surface area contributed by atoms with Gasteiger partial charge in [-0.2, -0.15) is 0 Å². The zero-order valence-corrected chi connectivity index (χ0v) is 14.2. The monoisotopic (exact) mass is 297 g/mol. The lowest BCUT2D eigenvalue weighted by atomic mass is 9.89. The van der Waals surface area contributed by atoms with Crippen molar-refractivity contribution in [2.45, 2.75) is 84.7 Å². The number of carbonyl (C=O) groups excluding carboxylic acids is 1. The lowest BCUT2D eigenvalue weighted by Gasteiger charge is -2.23. The van der Waals surface area contributed by atoms with Gasteiger partial charge in [0.1, 0.15) is 0 Å². The molecule has 3 atom stereocenters. The molecule has 0 rings (SSSR count). The number of carbonyl (C=O) groups is 1. The van der Waals surface area contributed by atoms with Crippen molar-refractivity contribution >= 4 is 5.97 Å². The SMILES string of the molecule is C/C=C\CCC(C)(O)CCCC(C)CCCC(C)C(=O)[O-]. The molecule has 3 unspecified atom stereocenters. The molecule has 0 aliphatic carbocycles. The Labute approximate surface area is 130 Å². The molecule has 0 saturated carbocycles. The van der Waals surface area contributed by atoms with E-state index in [0.29, 0.717) is 12.3 Å². The first-order valence-electron chi connectivity index (χ1n) is 8.33. The number of rotatable bonds is 12. The van der Waals surface area contributed by atoms with Crippen molar-refractivity contribution < 1.29 is 15.0 Å². The van der Waals surface area contributed by atoms with Gasteiger partial charge in [0.2, 0.25) is 0 Å². The van der Waals surface area contributed by atoms with Gasteiger partial charge in [0.25, 0.3) is 0 Å². The third-order valence-corrected chi connectivity index (χ3v) is 4.23. The molecule has 124 valence electrons. The predicted molar refractivity (Wildman–Crippen MR) is 85.7 cm³/mol. The largest absolute Gasteiger partial charge is 0.550 e. The molecule has 0 bridgehead atoms. The molecule has 0 fully saturated rings. The second kappa shape index (κ2) is 10.8. The minimum absolute atomic E-state index is 0.343. The fourth-order valence-electron chi connectivity index (χ4n) is 2.55. The van der Waals surface area contributed by atoms with E-state index in [9.17, 15) is 15.0 Å². The maximum atomic E-state index is 10.6. The normalized spacial score (nSPS) is 17.6. The molecule has 1 N–H and O–H groups in total. The first-order chi connectivity index (χ1) is 9.78. The molecule has 0 radical (unpaired) electrons. The topological polar surface area (TPSA) is 60.4 Å². The zero-order chi connectivity index (χ0) is 16.3. The molecule has 0 aromatic heterocycles. The van der Waals surface area contributed by atoms with Crippen LogP contribution in [0.4, 0.5) is 0 Å². The number of aliphatic carboxylic acids is 1. The van der Waals surface area contributed by atoms with Crippen LogP contribution in [0.5, 0.6) is 0 Å². The Hall–Kier alpha value is -0.830. The molecule has 0 aromatic rings. The number of allylic oxidation sites excluding steroid dienone is 2. The summed E-state index contributed by atoms with van der Waals surface area (Å²) in [6, 6.07) is 0. The van der Waals surface area contributed by atoms with E-state index in [0.717, 1.165) is 44.9 Å². The van der Waals surface area contributed by atoms with Crippen LogP contribution in [0.1, 0.15) is 79.1 Å². The molecule has 0 aliphatic rings. The Balaban J connectivity index is 3.73. The molecule has 0 amide bonds. The van der Waals surface area contributed by atoms with Crippen LogP contribution in [0.3, 0.4) is 0 Å². The van der Waals surface area contributed by atoms with Crippen LogP contribution in [0.2, 0.25) is 0 Å². The van der Waals surface area contributed by atoms with Crippen molar-refractivity contribution in [2.24, 2.45) is 11.8 Å². The van der Waals surface area contributed by atoms with Crippen molar-refractivity contribution in [1.29, 1.82) is 0 Å². The number of carboxylic acid groups (broad SMARTS) is 1. The van der Waals surface area contributed by atoms with Crippen LogP contribution in [0, 0.1) is 11.8 Å². The minimum Gasteiger partial charge on any atom is -0.550 e. The third-order valence-electron chi connectivity index (χ3n) is 4.23. The van der Waals surface area contributed by atoms with E-state index >= 15 is 0 Å². The van der Waals surface area contributed by atoms with E-state index in [-0.39, 0.29) is 5.92 Å². The van der Waals surface area contributed by atoms with Gasteiger partial charge in [0.05, 0.1) is 5.60 Å². The van der Waals surface area contributed by atoms with Crippen molar-refractivity contribution in [1.82, 2.24) is 0 Å². The van der Waals surface area contributed by atoms with Crippen LogP contribution in [-0.2, 0) is 4.79 Å². The average Bonchev–Trinajstić information content (AvgIpc) is 2.38. The maximum absolute atomic E-state index is 10.6. The number of carboxylic acids is 1. The summed E-state index contributed by atoms with van der Waals surface area (Å²) >= 11 is 0. The quantitative estimate of drug-likeness (QED) is 0.561. The molecule has 0 aliphatic heterocycles. The molecule has 21 heavy (non-hydrogen) atoms. The second-order valence-electron chi connectivity index (χ2n) is 6.75. The van der Waals surface area contributed by atoms with E-state index < -0.39 is 11.6 Å². The number of hydrogen-bond acceptors (Lipinski definition) is 3.